The first-order chi connectivity index (χ1) is 11.6. The molecule has 134 valence electrons. The fraction of sp³-hybridized carbons (Fsp3) is 0.278. The summed E-state index contributed by atoms with van der Waals surface area (Å²) in [6.07, 6.45) is 0.865. The molecular weight excluding hydrogens is 439 g/mol. The van der Waals surface area contributed by atoms with E-state index in [1.807, 2.05) is 31.2 Å². The van der Waals surface area contributed by atoms with Crippen LogP contribution >= 0.6 is 24.0 Å². The van der Waals surface area contributed by atoms with Gasteiger partial charge in [0, 0.05) is 12.0 Å². The summed E-state index contributed by atoms with van der Waals surface area (Å²) in [5, 5.41) is 2.61. The van der Waals surface area contributed by atoms with Crippen LogP contribution in [-0.2, 0) is 0 Å². The molecule has 1 fully saturated rings. The van der Waals surface area contributed by atoms with Crippen LogP contribution in [0.4, 0.5) is 14.5 Å². The van der Waals surface area contributed by atoms with Crippen LogP contribution in [0.2, 0.25) is 0 Å². The third-order valence-corrected chi connectivity index (χ3v) is 3.85. The van der Waals surface area contributed by atoms with Gasteiger partial charge in [-0.25, -0.2) is 13.8 Å². The Hall–Kier alpha value is -1.90. The molecule has 1 aliphatic carbocycles. The number of ether oxygens (including phenoxy) is 1. The fourth-order valence-corrected chi connectivity index (χ4v) is 2.63. The number of nitrogens with two attached hydrogens (primary N) is 1. The molecule has 0 aliphatic heterocycles. The van der Waals surface area contributed by atoms with E-state index in [4.69, 9.17) is 10.5 Å². The normalized spacial score (nSPS) is 19.1. The molecule has 0 amide bonds. The molecule has 0 radical (unpaired) electrons. The SMILES string of the molecule is CCOc1cccc([C@@H]2C[C@H]2N=C(N)Nc2cc(F)ccc2F)c1.I. The third kappa shape index (κ3) is 5.04. The number of nitrogens with one attached hydrogen (secondary N) is 1. The van der Waals surface area contributed by atoms with Gasteiger partial charge in [-0.05, 0) is 43.2 Å². The van der Waals surface area contributed by atoms with Crippen molar-refractivity contribution >= 4 is 35.6 Å². The van der Waals surface area contributed by atoms with Gasteiger partial charge in [0.05, 0.1) is 18.3 Å². The molecule has 0 heterocycles. The molecular formula is C18H20F2IN3O. The number of hydrogen-bond donors (Lipinski definition) is 2. The average Bonchev–Trinajstić information content (AvgIpc) is 3.30. The molecule has 0 aromatic heterocycles. The molecule has 2 atom stereocenters. The zero-order chi connectivity index (χ0) is 17.1. The monoisotopic (exact) mass is 459 g/mol. The van der Waals surface area contributed by atoms with Gasteiger partial charge in [0.2, 0.25) is 0 Å². The summed E-state index contributed by atoms with van der Waals surface area (Å²) in [6.45, 7) is 2.56. The fourth-order valence-electron chi connectivity index (χ4n) is 2.63. The number of anilines is 1. The number of aliphatic imine (C=N–C) groups is 1. The summed E-state index contributed by atoms with van der Waals surface area (Å²) in [7, 11) is 0. The van der Waals surface area contributed by atoms with Gasteiger partial charge in [-0.15, -0.1) is 24.0 Å². The van der Waals surface area contributed by atoms with Crippen molar-refractivity contribution in [2.45, 2.75) is 25.3 Å². The smallest absolute Gasteiger partial charge is 0.193 e. The standard InChI is InChI=1S/C18H19F2N3O.HI/c1-2-24-13-5-3-4-11(8-13)14-10-16(14)22-18(21)23-17-9-12(19)6-7-15(17)20;/h3-9,14,16H,2,10H2,1H3,(H3,21,22,23);1H/t14-,16+;/m0./s1. The maximum atomic E-state index is 13.6. The molecule has 2 aromatic carbocycles. The molecule has 3 rings (SSSR count). The van der Waals surface area contributed by atoms with E-state index in [-0.39, 0.29) is 47.6 Å². The van der Waals surface area contributed by atoms with Crippen LogP contribution in [-0.4, -0.2) is 18.6 Å². The van der Waals surface area contributed by atoms with Crippen molar-refractivity contribution in [1.82, 2.24) is 0 Å². The highest BCUT2D eigenvalue weighted by Gasteiger charge is 2.38. The van der Waals surface area contributed by atoms with E-state index in [9.17, 15) is 8.78 Å². The Morgan fingerprint density at radius 3 is 2.84 bits per heavy atom. The first-order valence-corrected chi connectivity index (χ1v) is 7.85. The predicted octanol–water partition coefficient (Wildman–Crippen LogP) is 4.26. The molecule has 0 saturated heterocycles. The van der Waals surface area contributed by atoms with Gasteiger partial charge in [0.25, 0.3) is 0 Å². The Morgan fingerprint density at radius 2 is 2.08 bits per heavy atom. The van der Waals surface area contributed by atoms with E-state index in [0.717, 1.165) is 35.9 Å². The van der Waals surface area contributed by atoms with Gasteiger partial charge < -0.3 is 15.8 Å². The molecule has 0 bridgehead atoms. The highest BCUT2D eigenvalue weighted by Crippen LogP contribution is 2.44. The molecule has 25 heavy (non-hydrogen) atoms. The van der Waals surface area contributed by atoms with E-state index < -0.39 is 11.6 Å². The number of nitrogens with zero attached hydrogens (tertiary/aromatic N) is 1. The Kier molecular flexibility index (Phi) is 6.57. The summed E-state index contributed by atoms with van der Waals surface area (Å²) in [5.41, 5.74) is 6.93. The lowest BCUT2D eigenvalue weighted by Crippen LogP contribution is -2.24. The number of hydrogen-bond acceptors (Lipinski definition) is 2. The van der Waals surface area contributed by atoms with E-state index in [0.29, 0.717) is 6.61 Å². The molecule has 2 aromatic rings. The Balaban J connectivity index is 0.00000225. The largest absolute Gasteiger partial charge is 0.494 e. The van der Waals surface area contributed by atoms with Crippen LogP contribution in [0.5, 0.6) is 5.75 Å². The topological polar surface area (TPSA) is 59.6 Å². The summed E-state index contributed by atoms with van der Waals surface area (Å²) < 4.78 is 32.2. The first-order valence-electron chi connectivity index (χ1n) is 7.85. The zero-order valence-corrected chi connectivity index (χ0v) is 16.0. The van der Waals surface area contributed by atoms with Crippen molar-refractivity contribution in [2.24, 2.45) is 10.7 Å². The molecule has 3 N–H and O–H groups in total. The number of halogens is 3. The zero-order valence-electron chi connectivity index (χ0n) is 13.7. The van der Waals surface area contributed by atoms with E-state index >= 15 is 0 Å². The summed E-state index contributed by atoms with van der Waals surface area (Å²) in [5.74, 6) is 0.0590. The molecule has 1 saturated carbocycles. The van der Waals surface area contributed by atoms with Crippen molar-refractivity contribution in [1.29, 1.82) is 0 Å². The number of rotatable bonds is 5. The highest BCUT2D eigenvalue weighted by molar-refractivity contribution is 14.0. The van der Waals surface area contributed by atoms with Gasteiger partial charge in [-0.1, -0.05) is 12.1 Å². The molecule has 1 aliphatic rings. The Labute approximate surface area is 162 Å². The van der Waals surface area contributed by atoms with Gasteiger partial charge >= 0.3 is 0 Å². The molecule has 7 heteroatoms. The predicted molar refractivity (Wildman–Crippen MR) is 106 cm³/mol. The van der Waals surface area contributed by atoms with Crippen molar-refractivity contribution in [3.05, 3.63) is 59.7 Å². The average molecular weight is 459 g/mol. The van der Waals surface area contributed by atoms with Crippen molar-refractivity contribution < 1.29 is 13.5 Å². The summed E-state index contributed by atoms with van der Waals surface area (Å²) in [4.78, 5) is 4.34. The maximum absolute atomic E-state index is 13.6. The van der Waals surface area contributed by atoms with Gasteiger partial charge in [0.1, 0.15) is 17.4 Å². The lowest BCUT2D eigenvalue weighted by atomic mass is 10.1. The minimum atomic E-state index is -0.577. The number of benzene rings is 2. The van der Waals surface area contributed by atoms with Crippen LogP contribution < -0.4 is 15.8 Å². The first kappa shape index (κ1) is 19.4. The van der Waals surface area contributed by atoms with Crippen LogP contribution in [0.25, 0.3) is 0 Å². The third-order valence-electron chi connectivity index (χ3n) is 3.85. The quantitative estimate of drug-likeness (QED) is 0.399. The van der Waals surface area contributed by atoms with Crippen LogP contribution in [0.15, 0.2) is 47.5 Å². The molecule has 0 spiro atoms. The minimum Gasteiger partial charge on any atom is -0.494 e. The summed E-state index contributed by atoms with van der Waals surface area (Å²) >= 11 is 0. The second-order valence-corrected chi connectivity index (χ2v) is 5.68. The van der Waals surface area contributed by atoms with Gasteiger partial charge in [-0.2, -0.15) is 0 Å². The van der Waals surface area contributed by atoms with Crippen LogP contribution in [0, 0.1) is 11.6 Å². The van der Waals surface area contributed by atoms with Crippen LogP contribution in [0.1, 0.15) is 24.8 Å². The van der Waals surface area contributed by atoms with Crippen molar-refractivity contribution in [3.8, 4) is 5.75 Å². The maximum Gasteiger partial charge on any atom is 0.193 e. The Bertz CT molecular complexity index is 770. The second-order valence-electron chi connectivity index (χ2n) is 5.68. The van der Waals surface area contributed by atoms with Crippen molar-refractivity contribution in [3.63, 3.8) is 0 Å². The summed E-state index contributed by atoms with van der Waals surface area (Å²) in [6, 6.07) is 11.1. The lowest BCUT2D eigenvalue weighted by molar-refractivity contribution is 0.340. The minimum absolute atomic E-state index is 0. The van der Waals surface area contributed by atoms with E-state index in [2.05, 4.69) is 10.3 Å². The molecule has 0 unspecified atom stereocenters. The van der Waals surface area contributed by atoms with E-state index in [1.54, 1.807) is 0 Å². The molecule has 4 nitrogen and oxygen atoms in total. The lowest BCUT2D eigenvalue weighted by Gasteiger charge is -2.07. The van der Waals surface area contributed by atoms with Gasteiger partial charge in [-0.3, -0.25) is 0 Å². The highest BCUT2D eigenvalue weighted by atomic mass is 127. The second kappa shape index (κ2) is 8.46. The van der Waals surface area contributed by atoms with Crippen molar-refractivity contribution in [2.75, 3.05) is 11.9 Å². The van der Waals surface area contributed by atoms with Crippen LogP contribution in [0.3, 0.4) is 0 Å². The Morgan fingerprint density at radius 1 is 1.28 bits per heavy atom. The number of guanidine groups is 1. The van der Waals surface area contributed by atoms with Gasteiger partial charge in [0.15, 0.2) is 5.96 Å². The van der Waals surface area contributed by atoms with E-state index in [1.165, 1.54) is 0 Å².